The van der Waals surface area contributed by atoms with Gasteiger partial charge in [-0.1, -0.05) is 24.3 Å². The monoisotopic (exact) mass is 344 g/mol. The molecule has 3 aromatic rings. The number of aromatic nitrogens is 2. The average molecular weight is 344 g/mol. The van der Waals surface area contributed by atoms with Crippen molar-refractivity contribution in [2.24, 2.45) is 5.92 Å². The number of aromatic amines is 1. The van der Waals surface area contributed by atoms with E-state index in [0.717, 1.165) is 47.8 Å². The number of unbranched alkanes of at least 4 members (excludes halogenated alkanes) is 1. The Balaban J connectivity index is 1.63. The molecule has 0 unspecified atom stereocenters. The van der Waals surface area contributed by atoms with E-state index in [1.54, 1.807) is 0 Å². The molecule has 2 N–H and O–H groups in total. The summed E-state index contributed by atoms with van der Waals surface area (Å²) in [6, 6.07) is 14.5. The van der Waals surface area contributed by atoms with Gasteiger partial charge in [-0.2, -0.15) is 5.26 Å². The van der Waals surface area contributed by atoms with Crippen LogP contribution in [0.1, 0.15) is 31.2 Å². The number of nitrogens with zero attached hydrogens (tertiary/aromatic N) is 2. The molecule has 2 aromatic heterocycles. The van der Waals surface area contributed by atoms with E-state index in [1.807, 2.05) is 18.3 Å². The third-order valence-electron chi connectivity index (χ3n) is 4.75. The molecule has 26 heavy (non-hydrogen) atoms. The number of rotatable bonds is 6. The van der Waals surface area contributed by atoms with Crippen LogP contribution in [0.25, 0.3) is 22.2 Å². The minimum atomic E-state index is 0.0576. The van der Waals surface area contributed by atoms with Crippen LogP contribution in [0.3, 0.4) is 0 Å². The zero-order valence-electron chi connectivity index (χ0n) is 14.5. The summed E-state index contributed by atoms with van der Waals surface area (Å²) < 4.78 is 0. The highest BCUT2D eigenvalue weighted by Crippen LogP contribution is 2.33. The lowest BCUT2D eigenvalue weighted by molar-refractivity contribution is -0.117. The summed E-state index contributed by atoms with van der Waals surface area (Å²) in [6.07, 6.45) is 6.18. The second kappa shape index (κ2) is 7.01. The van der Waals surface area contributed by atoms with Gasteiger partial charge in [0.05, 0.1) is 6.07 Å². The van der Waals surface area contributed by atoms with Crippen LogP contribution in [-0.4, -0.2) is 15.9 Å². The second-order valence-corrected chi connectivity index (χ2v) is 6.77. The molecule has 0 aliphatic heterocycles. The molecule has 1 amide bonds. The normalized spacial score (nSPS) is 13.5. The second-order valence-electron chi connectivity index (χ2n) is 6.77. The summed E-state index contributed by atoms with van der Waals surface area (Å²) in [5.74, 6) is 0.791. The van der Waals surface area contributed by atoms with Crippen molar-refractivity contribution in [2.75, 3.05) is 5.32 Å². The summed E-state index contributed by atoms with van der Waals surface area (Å²) in [4.78, 5) is 19.7. The first-order valence-electron chi connectivity index (χ1n) is 9.00. The van der Waals surface area contributed by atoms with Gasteiger partial charge in [0.25, 0.3) is 0 Å². The lowest BCUT2D eigenvalue weighted by Crippen LogP contribution is -2.14. The number of nitriles is 1. The van der Waals surface area contributed by atoms with Gasteiger partial charge in [-0.05, 0) is 54.5 Å². The highest BCUT2D eigenvalue weighted by molar-refractivity contribution is 5.98. The van der Waals surface area contributed by atoms with Crippen molar-refractivity contribution >= 4 is 22.8 Å². The number of carbonyl (C=O) groups excluding carboxylic acids is 1. The van der Waals surface area contributed by atoms with Crippen molar-refractivity contribution in [1.82, 2.24) is 9.97 Å². The maximum Gasteiger partial charge on any atom is 0.228 e. The van der Waals surface area contributed by atoms with E-state index >= 15 is 0 Å². The summed E-state index contributed by atoms with van der Waals surface area (Å²) in [5.41, 5.74) is 4.13. The quantitative estimate of drug-likeness (QED) is 0.649. The zero-order chi connectivity index (χ0) is 17.9. The van der Waals surface area contributed by atoms with E-state index in [2.05, 4.69) is 45.6 Å². The Morgan fingerprint density at radius 1 is 1.27 bits per heavy atom. The number of aryl methyl sites for hydroxylation is 1. The Morgan fingerprint density at radius 2 is 2.08 bits per heavy atom. The van der Waals surface area contributed by atoms with E-state index in [0.29, 0.717) is 12.2 Å². The van der Waals surface area contributed by atoms with E-state index in [-0.39, 0.29) is 11.8 Å². The number of anilines is 1. The molecule has 1 aromatic carbocycles. The maximum absolute atomic E-state index is 12.1. The van der Waals surface area contributed by atoms with Gasteiger partial charge in [-0.25, -0.2) is 4.98 Å². The highest BCUT2D eigenvalue weighted by Gasteiger charge is 2.30. The standard InChI is InChI=1S/C21H20N4O/c22-11-2-1-3-14-4-6-15(7-5-14)18-13-19(25-21(26)16-8-9-16)24-20-17(18)10-12-23-20/h4-7,10,12-13,16H,1-3,8-9H2,(H2,23,24,25,26). The van der Waals surface area contributed by atoms with Crippen LogP contribution in [0.5, 0.6) is 0 Å². The Hall–Kier alpha value is -3.13. The van der Waals surface area contributed by atoms with Gasteiger partial charge < -0.3 is 10.3 Å². The van der Waals surface area contributed by atoms with Crippen LogP contribution in [0, 0.1) is 17.2 Å². The first kappa shape index (κ1) is 16.3. The van der Waals surface area contributed by atoms with Crippen molar-refractivity contribution in [2.45, 2.75) is 32.1 Å². The number of pyridine rings is 1. The molecule has 1 saturated carbocycles. The van der Waals surface area contributed by atoms with Gasteiger partial charge in [0, 0.05) is 23.9 Å². The molecule has 2 heterocycles. The summed E-state index contributed by atoms with van der Waals surface area (Å²) in [5, 5.41) is 12.6. The Bertz CT molecular complexity index is 977. The lowest BCUT2D eigenvalue weighted by atomic mass is 10.00. The first-order valence-corrected chi connectivity index (χ1v) is 9.00. The predicted molar refractivity (Wildman–Crippen MR) is 101 cm³/mol. The summed E-state index contributed by atoms with van der Waals surface area (Å²) in [7, 11) is 0. The van der Waals surface area contributed by atoms with Gasteiger partial charge in [-0.15, -0.1) is 0 Å². The molecular formula is C21H20N4O. The minimum Gasteiger partial charge on any atom is -0.346 e. The number of fused-ring (bicyclic) bond motifs is 1. The van der Waals surface area contributed by atoms with E-state index in [1.165, 1.54) is 5.56 Å². The van der Waals surface area contributed by atoms with E-state index < -0.39 is 0 Å². The number of hydrogen-bond acceptors (Lipinski definition) is 3. The van der Waals surface area contributed by atoms with Crippen LogP contribution < -0.4 is 5.32 Å². The van der Waals surface area contributed by atoms with E-state index in [9.17, 15) is 4.79 Å². The van der Waals surface area contributed by atoms with Gasteiger partial charge in [0.1, 0.15) is 11.5 Å². The molecule has 0 radical (unpaired) electrons. The number of amides is 1. The van der Waals surface area contributed by atoms with Crippen molar-refractivity contribution < 1.29 is 4.79 Å². The maximum atomic E-state index is 12.1. The van der Waals surface area contributed by atoms with Crippen LogP contribution in [-0.2, 0) is 11.2 Å². The number of H-pyrrole nitrogens is 1. The van der Waals surface area contributed by atoms with Crippen molar-refractivity contribution in [3.05, 3.63) is 48.2 Å². The highest BCUT2D eigenvalue weighted by atomic mass is 16.2. The number of carbonyl (C=O) groups is 1. The van der Waals surface area contributed by atoms with Crippen LogP contribution in [0.4, 0.5) is 5.82 Å². The van der Waals surface area contributed by atoms with Crippen LogP contribution >= 0.6 is 0 Å². The van der Waals surface area contributed by atoms with Crippen LogP contribution in [0.15, 0.2) is 42.6 Å². The predicted octanol–water partition coefficient (Wildman–Crippen LogP) is 4.42. The lowest BCUT2D eigenvalue weighted by Gasteiger charge is -2.09. The number of hydrogen-bond donors (Lipinski definition) is 2. The molecule has 1 aliphatic rings. The van der Waals surface area contributed by atoms with Gasteiger partial charge >= 0.3 is 0 Å². The Kier molecular flexibility index (Phi) is 4.40. The fourth-order valence-corrected chi connectivity index (χ4v) is 3.14. The average Bonchev–Trinajstić information content (AvgIpc) is 3.40. The van der Waals surface area contributed by atoms with E-state index in [4.69, 9.17) is 5.26 Å². The topological polar surface area (TPSA) is 81.6 Å². The third kappa shape index (κ3) is 3.45. The fraction of sp³-hybridized carbons (Fsp3) is 0.286. The van der Waals surface area contributed by atoms with Gasteiger partial charge in [0.15, 0.2) is 0 Å². The molecule has 0 atom stereocenters. The summed E-state index contributed by atoms with van der Waals surface area (Å²) in [6.45, 7) is 0. The fourth-order valence-electron chi connectivity index (χ4n) is 3.14. The van der Waals surface area contributed by atoms with Gasteiger partial charge in [0.2, 0.25) is 5.91 Å². The van der Waals surface area contributed by atoms with Crippen molar-refractivity contribution in [3.8, 4) is 17.2 Å². The van der Waals surface area contributed by atoms with Crippen LogP contribution in [0.2, 0.25) is 0 Å². The Labute approximate surface area is 152 Å². The molecular weight excluding hydrogens is 324 g/mol. The molecule has 1 fully saturated rings. The molecule has 5 heteroatoms. The molecule has 1 aliphatic carbocycles. The minimum absolute atomic E-state index is 0.0576. The number of nitrogens with one attached hydrogen (secondary N) is 2. The SMILES string of the molecule is N#CCCCc1ccc(-c2cc(NC(=O)C3CC3)nc3[nH]ccc23)cc1. The molecule has 5 nitrogen and oxygen atoms in total. The first-order chi connectivity index (χ1) is 12.7. The molecule has 130 valence electrons. The van der Waals surface area contributed by atoms with Crippen molar-refractivity contribution in [1.29, 1.82) is 5.26 Å². The largest absolute Gasteiger partial charge is 0.346 e. The zero-order valence-corrected chi connectivity index (χ0v) is 14.5. The van der Waals surface area contributed by atoms with Gasteiger partial charge in [-0.3, -0.25) is 4.79 Å². The molecule has 0 saturated heterocycles. The number of benzene rings is 1. The molecule has 0 bridgehead atoms. The summed E-state index contributed by atoms with van der Waals surface area (Å²) >= 11 is 0. The smallest absolute Gasteiger partial charge is 0.228 e. The molecule has 0 spiro atoms. The van der Waals surface area contributed by atoms with Crippen molar-refractivity contribution in [3.63, 3.8) is 0 Å². The third-order valence-corrected chi connectivity index (χ3v) is 4.75. The molecule has 4 rings (SSSR count). The Morgan fingerprint density at radius 3 is 2.81 bits per heavy atom.